The lowest BCUT2D eigenvalue weighted by Gasteiger charge is -2.26. The van der Waals surface area contributed by atoms with E-state index in [4.69, 9.17) is 18.9 Å². The Labute approximate surface area is 599 Å². The molecule has 0 bridgehead atoms. The summed E-state index contributed by atoms with van der Waals surface area (Å²) >= 11 is 0. The molecule has 0 aromatic heterocycles. The van der Waals surface area contributed by atoms with Gasteiger partial charge in [0.05, 0.1) is 40.3 Å². The van der Waals surface area contributed by atoms with Crippen LogP contribution in [0.2, 0.25) is 0 Å². The van der Waals surface area contributed by atoms with Crippen molar-refractivity contribution in [2.24, 2.45) is 0 Å². The van der Waals surface area contributed by atoms with Gasteiger partial charge in [-0.2, -0.15) is 0 Å². The minimum Gasteiger partial charge on any atom is -0.545 e. The van der Waals surface area contributed by atoms with E-state index in [1.54, 1.807) is 0 Å². The zero-order valence-electron chi connectivity index (χ0n) is 63.9. The van der Waals surface area contributed by atoms with Gasteiger partial charge in [-0.1, -0.05) is 360 Å². The molecule has 0 saturated carbocycles. The topological polar surface area (TPSA) is 111 Å². The second-order valence-corrected chi connectivity index (χ2v) is 28.3. The lowest BCUT2D eigenvalue weighted by Crippen LogP contribution is -2.44. The van der Waals surface area contributed by atoms with Gasteiger partial charge in [0, 0.05) is 12.8 Å². The summed E-state index contributed by atoms with van der Waals surface area (Å²) in [5.74, 6) is -2.27. The Kier molecular flexibility index (Phi) is 74.0. The number of likely N-dealkylation sites (N-methyl/N-ethyl adjacent to an activating group) is 1. The van der Waals surface area contributed by atoms with Crippen molar-refractivity contribution >= 4 is 17.9 Å². The van der Waals surface area contributed by atoms with E-state index in [1.165, 1.54) is 225 Å². The van der Waals surface area contributed by atoms with E-state index in [0.717, 1.165) is 103 Å². The van der Waals surface area contributed by atoms with Crippen LogP contribution in [0.4, 0.5) is 0 Å². The molecule has 0 aromatic rings. The van der Waals surface area contributed by atoms with Crippen molar-refractivity contribution in [3.8, 4) is 0 Å². The first-order valence-corrected chi connectivity index (χ1v) is 40.7. The molecule has 0 N–H and O–H groups in total. The molecule has 0 saturated heterocycles. The van der Waals surface area contributed by atoms with Gasteiger partial charge in [-0.3, -0.25) is 9.59 Å². The van der Waals surface area contributed by atoms with Gasteiger partial charge in [0.15, 0.2) is 12.4 Å². The summed E-state index contributed by atoms with van der Waals surface area (Å²) in [5.41, 5.74) is 0. The lowest BCUT2D eigenvalue weighted by atomic mass is 10.0. The Bertz CT molecular complexity index is 2020. The second kappa shape index (κ2) is 77.4. The van der Waals surface area contributed by atoms with Crippen LogP contribution in [-0.2, 0) is 33.3 Å². The molecule has 0 aliphatic heterocycles. The third-order valence-electron chi connectivity index (χ3n) is 17.7. The Morgan fingerprint density at radius 3 is 0.887 bits per heavy atom. The summed E-state index contributed by atoms with van der Waals surface area (Å²) in [5, 5.41) is 11.9. The van der Waals surface area contributed by atoms with Crippen molar-refractivity contribution in [1.29, 1.82) is 0 Å². The number of esters is 2. The minimum atomic E-state index is -1.63. The van der Waals surface area contributed by atoms with Gasteiger partial charge in [-0.15, -0.1) is 0 Å². The molecule has 2 unspecified atom stereocenters. The third kappa shape index (κ3) is 78.9. The SMILES string of the molecule is CC/C=C\C/C=C\C/C=C\C/C=C\C/C=C\C/C=C\C/C=C\C/C=C\C/C=C\CCCCCCCCCCCCCC(=O)OC(COC(=O)CCCCCCCCCCCCCCCCCCCCCCC/C=C\CCCCCCCCCC)COC(OCC[N+](C)(C)C)C(=O)[O-]. The number of carboxylic acids is 1. The molecule has 0 rings (SSSR count). The number of nitrogens with zero attached hydrogens (tertiary/aromatic N) is 1. The van der Waals surface area contributed by atoms with E-state index in [9.17, 15) is 19.5 Å². The van der Waals surface area contributed by atoms with Gasteiger partial charge in [0.25, 0.3) is 0 Å². The van der Waals surface area contributed by atoms with Crippen LogP contribution in [0.25, 0.3) is 0 Å². The third-order valence-corrected chi connectivity index (χ3v) is 17.7. The Balaban J connectivity index is 4.05. The molecule has 0 fully saturated rings. The Hall–Kier alpha value is -4.31. The highest BCUT2D eigenvalue weighted by atomic mass is 16.7. The van der Waals surface area contributed by atoms with Crippen LogP contribution in [0, 0.1) is 0 Å². The van der Waals surface area contributed by atoms with Crippen molar-refractivity contribution in [2.45, 2.75) is 373 Å². The number of allylic oxidation sites excluding steroid dienone is 20. The minimum absolute atomic E-state index is 0.144. The van der Waals surface area contributed by atoms with E-state index in [0.29, 0.717) is 23.9 Å². The molecular formula is C88H153NO8. The van der Waals surface area contributed by atoms with Crippen LogP contribution < -0.4 is 5.11 Å². The van der Waals surface area contributed by atoms with Crippen LogP contribution >= 0.6 is 0 Å². The first kappa shape index (κ1) is 92.7. The van der Waals surface area contributed by atoms with E-state index >= 15 is 0 Å². The fraction of sp³-hybridized carbons (Fsp3) is 0.739. The number of ether oxygens (including phenoxy) is 4. The summed E-state index contributed by atoms with van der Waals surface area (Å²) in [6.07, 6.45) is 107. The van der Waals surface area contributed by atoms with E-state index < -0.39 is 24.3 Å². The highest BCUT2D eigenvalue weighted by Gasteiger charge is 2.22. The van der Waals surface area contributed by atoms with E-state index in [1.807, 2.05) is 21.1 Å². The monoisotopic (exact) mass is 1350 g/mol. The predicted octanol–water partition coefficient (Wildman–Crippen LogP) is 24.9. The fourth-order valence-corrected chi connectivity index (χ4v) is 11.5. The lowest BCUT2D eigenvalue weighted by molar-refractivity contribution is -0.870. The molecule has 0 spiro atoms. The van der Waals surface area contributed by atoms with Crippen LogP contribution in [0.1, 0.15) is 361 Å². The standard InChI is InChI=1S/C88H153NO8/c1-6-8-10-12-14-16-18-20-22-24-26-28-30-32-34-36-38-40-41-42-43-44-45-47-49-51-53-55-57-59-61-63-65-67-69-71-73-75-77-79-86(91)97-84(83-96-88(87(92)93)94-81-80-89(3,4)5)82-95-85(90)78-76-74-72-70-68-66-64-62-60-58-56-54-52-50-48-46-39-37-35-33-31-29-27-25-23-21-19-17-15-13-11-9-7-2/h8,10,14,16,20,22,25-28,32,34,38,40,42-43,45,47,51,53,84,88H,6-7,9,11-13,15,17-19,21,23-24,29-31,33,35-37,39,41,44,46,48-50,52,54-83H2,1-5H3/b10-8-,16-14-,22-20-,27-25-,28-26-,34-32-,40-38-,43-42-,47-45-,53-51-. The smallest absolute Gasteiger partial charge is 0.306 e. The molecule has 97 heavy (non-hydrogen) atoms. The number of aliphatic carboxylic acids is 1. The fourth-order valence-electron chi connectivity index (χ4n) is 11.5. The van der Waals surface area contributed by atoms with Crippen molar-refractivity contribution in [3.63, 3.8) is 0 Å². The maximum atomic E-state index is 13.0. The highest BCUT2D eigenvalue weighted by molar-refractivity contribution is 5.70. The number of hydrogen-bond donors (Lipinski definition) is 0. The summed E-state index contributed by atoms with van der Waals surface area (Å²) in [7, 11) is 5.94. The number of carbonyl (C=O) groups excluding carboxylic acids is 3. The molecule has 0 aromatic carbocycles. The van der Waals surface area contributed by atoms with Gasteiger partial charge in [-0.25, -0.2) is 0 Å². The molecule has 9 heteroatoms. The maximum Gasteiger partial charge on any atom is 0.306 e. The molecule has 0 aliphatic rings. The Morgan fingerprint density at radius 1 is 0.320 bits per heavy atom. The van der Waals surface area contributed by atoms with Crippen LogP contribution in [0.15, 0.2) is 122 Å². The molecule has 0 radical (unpaired) electrons. The average molecular weight is 1350 g/mol. The summed E-state index contributed by atoms with van der Waals surface area (Å²) in [6.45, 7) is 4.67. The number of carbonyl (C=O) groups is 3. The van der Waals surface area contributed by atoms with Crippen molar-refractivity contribution in [2.75, 3.05) is 47.5 Å². The maximum absolute atomic E-state index is 13.0. The number of hydrogen-bond acceptors (Lipinski definition) is 8. The number of quaternary nitrogens is 1. The van der Waals surface area contributed by atoms with Gasteiger partial charge in [0.2, 0.25) is 0 Å². The first-order valence-electron chi connectivity index (χ1n) is 40.7. The van der Waals surface area contributed by atoms with Crippen molar-refractivity contribution in [1.82, 2.24) is 0 Å². The van der Waals surface area contributed by atoms with Gasteiger partial charge in [0.1, 0.15) is 13.2 Å². The summed E-state index contributed by atoms with van der Waals surface area (Å²) in [6, 6.07) is 0. The van der Waals surface area contributed by atoms with Crippen molar-refractivity contribution < 1.29 is 42.9 Å². The van der Waals surface area contributed by atoms with Gasteiger partial charge < -0.3 is 33.3 Å². The van der Waals surface area contributed by atoms with Crippen LogP contribution in [0.3, 0.4) is 0 Å². The molecule has 0 aliphatic carbocycles. The summed E-state index contributed by atoms with van der Waals surface area (Å²) in [4.78, 5) is 37.6. The van der Waals surface area contributed by atoms with E-state index in [-0.39, 0.29) is 32.2 Å². The zero-order valence-corrected chi connectivity index (χ0v) is 63.9. The number of unbranched alkanes of at least 4 members (excludes halogenated alkanes) is 40. The van der Waals surface area contributed by atoms with Gasteiger partial charge >= 0.3 is 11.9 Å². The predicted molar refractivity (Wildman–Crippen MR) is 417 cm³/mol. The summed E-state index contributed by atoms with van der Waals surface area (Å²) < 4.78 is 22.9. The Morgan fingerprint density at radius 2 is 0.588 bits per heavy atom. The van der Waals surface area contributed by atoms with E-state index in [2.05, 4.69) is 135 Å². The molecule has 0 amide bonds. The normalized spacial score (nSPS) is 13.3. The first-order chi connectivity index (χ1) is 47.6. The van der Waals surface area contributed by atoms with Crippen LogP contribution in [-0.4, -0.2) is 82.3 Å². The molecule has 9 nitrogen and oxygen atoms in total. The van der Waals surface area contributed by atoms with Crippen molar-refractivity contribution in [3.05, 3.63) is 122 Å². The quantitative estimate of drug-likeness (QED) is 0.0195. The average Bonchev–Trinajstić information content (AvgIpc) is 2.39. The van der Waals surface area contributed by atoms with Gasteiger partial charge in [-0.05, 0) is 109 Å². The molecule has 0 heterocycles. The molecular weight excluding hydrogens is 1200 g/mol. The second-order valence-electron chi connectivity index (χ2n) is 28.3. The highest BCUT2D eigenvalue weighted by Crippen LogP contribution is 2.19. The molecule has 2 atom stereocenters. The van der Waals surface area contributed by atoms with Crippen LogP contribution in [0.5, 0.6) is 0 Å². The number of carboxylic acid groups (broad SMARTS) is 1. The largest absolute Gasteiger partial charge is 0.545 e. The molecule has 558 valence electrons. The zero-order chi connectivity index (χ0) is 70.4. The number of rotatable bonds is 75.